The Morgan fingerprint density at radius 3 is 2.96 bits per heavy atom. The highest BCUT2D eigenvalue weighted by Crippen LogP contribution is 2.27. The Bertz CT molecular complexity index is 688. The Kier molecular flexibility index (Phi) is 4.76. The largest absolute Gasteiger partial charge is 0.504 e. The van der Waals surface area contributed by atoms with E-state index < -0.39 is 0 Å². The lowest BCUT2D eigenvalue weighted by Crippen LogP contribution is -2.31. The van der Waals surface area contributed by atoms with E-state index in [4.69, 9.17) is 9.72 Å². The summed E-state index contributed by atoms with van der Waals surface area (Å²) in [4.78, 5) is 11.5. The third-order valence-electron chi connectivity index (χ3n) is 4.20. The molecule has 1 aromatic heterocycles. The molecule has 0 saturated carbocycles. The summed E-state index contributed by atoms with van der Waals surface area (Å²) in [5, 5.41) is 9.91. The quantitative estimate of drug-likeness (QED) is 0.920. The molecule has 23 heavy (non-hydrogen) atoms. The minimum atomic E-state index is 0.190. The molecular weight excluding hydrogens is 290 g/mol. The summed E-state index contributed by atoms with van der Waals surface area (Å²) < 4.78 is 5.09. The third kappa shape index (κ3) is 3.62. The number of fused-ring (bicyclic) bond motifs is 1. The predicted octanol–water partition coefficient (Wildman–Crippen LogP) is 2.70. The van der Waals surface area contributed by atoms with E-state index in [-0.39, 0.29) is 5.75 Å². The first-order valence-electron chi connectivity index (χ1n) is 8.11. The van der Waals surface area contributed by atoms with Gasteiger partial charge in [-0.25, -0.2) is 9.97 Å². The molecule has 122 valence electrons. The second-order valence-electron chi connectivity index (χ2n) is 5.98. The predicted molar refractivity (Wildman–Crippen MR) is 88.5 cm³/mol. The summed E-state index contributed by atoms with van der Waals surface area (Å²) in [7, 11) is 1.56. The van der Waals surface area contributed by atoms with Crippen molar-refractivity contribution in [2.24, 2.45) is 0 Å². The number of hydrogen-bond acceptors (Lipinski definition) is 5. The molecule has 5 heteroatoms. The standard InChI is InChI=1S/C18H23N3O2/c1-3-4-18-19-10-14-7-8-21(12-15(14)20-18)11-13-5-6-17(23-2)16(22)9-13/h5-6,9-10,22H,3-4,7-8,11-12H2,1-2H3. The number of hydrogen-bond donors (Lipinski definition) is 1. The van der Waals surface area contributed by atoms with Crippen molar-refractivity contribution in [2.75, 3.05) is 13.7 Å². The number of aromatic nitrogens is 2. The van der Waals surface area contributed by atoms with Gasteiger partial charge in [0.15, 0.2) is 11.5 Å². The summed E-state index contributed by atoms with van der Waals surface area (Å²) >= 11 is 0. The van der Waals surface area contributed by atoms with Crippen LogP contribution in [0.4, 0.5) is 0 Å². The molecule has 0 fully saturated rings. The molecule has 1 aliphatic heterocycles. The minimum absolute atomic E-state index is 0.190. The molecular formula is C18H23N3O2. The molecule has 0 amide bonds. The van der Waals surface area contributed by atoms with Crippen molar-refractivity contribution in [1.82, 2.24) is 14.9 Å². The van der Waals surface area contributed by atoms with Crippen molar-refractivity contribution >= 4 is 0 Å². The van der Waals surface area contributed by atoms with Crippen LogP contribution in [0.5, 0.6) is 11.5 Å². The van der Waals surface area contributed by atoms with E-state index in [0.29, 0.717) is 5.75 Å². The molecule has 0 radical (unpaired) electrons. The maximum Gasteiger partial charge on any atom is 0.160 e. The molecule has 5 nitrogen and oxygen atoms in total. The average molecular weight is 313 g/mol. The summed E-state index contributed by atoms with van der Waals surface area (Å²) in [6, 6.07) is 5.58. The van der Waals surface area contributed by atoms with Crippen LogP contribution in [-0.4, -0.2) is 33.6 Å². The van der Waals surface area contributed by atoms with Crippen molar-refractivity contribution in [1.29, 1.82) is 0 Å². The van der Waals surface area contributed by atoms with E-state index in [1.807, 2.05) is 18.3 Å². The van der Waals surface area contributed by atoms with Gasteiger partial charge in [0.05, 0.1) is 12.8 Å². The molecule has 1 N–H and O–H groups in total. The summed E-state index contributed by atoms with van der Waals surface area (Å²) in [5.41, 5.74) is 3.49. The van der Waals surface area contributed by atoms with Gasteiger partial charge in [0.25, 0.3) is 0 Å². The molecule has 0 atom stereocenters. The van der Waals surface area contributed by atoms with Crippen LogP contribution in [0.15, 0.2) is 24.4 Å². The van der Waals surface area contributed by atoms with Crippen LogP contribution in [0.3, 0.4) is 0 Å². The van der Waals surface area contributed by atoms with Gasteiger partial charge < -0.3 is 9.84 Å². The van der Waals surface area contributed by atoms with Crippen molar-refractivity contribution in [3.8, 4) is 11.5 Å². The Balaban J connectivity index is 1.71. The Labute approximate surface area is 137 Å². The number of rotatable bonds is 5. The lowest BCUT2D eigenvalue weighted by atomic mass is 10.1. The molecule has 1 aromatic carbocycles. The molecule has 0 spiro atoms. The Morgan fingerprint density at radius 1 is 1.35 bits per heavy atom. The van der Waals surface area contributed by atoms with E-state index in [1.165, 1.54) is 5.56 Å². The zero-order valence-corrected chi connectivity index (χ0v) is 13.7. The Hall–Kier alpha value is -2.14. The second-order valence-corrected chi connectivity index (χ2v) is 5.98. The second kappa shape index (κ2) is 6.96. The lowest BCUT2D eigenvalue weighted by Gasteiger charge is -2.28. The van der Waals surface area contributed by atoms with Gasteiger partial charge in [0.1, 0.15) is 5.82 Å². The first kappa shape index (κ1) is 15.7. The molecule has 0 bridgehead atoms. The smallest absolute Gasteiger partial charge is 0.160 e. The highest BCUT2D eigenvalue weighted by atomic mass is 16.5. The van der Waals surface area contributed by atoms with Gasteiger partial charge in [-0.2, -0.15) is 0 Å². The third-order valence-corrected chi connectivity index (χ3v) is 4.20. The Morgan fingerprint density at radius 2 is 2.22 bits per heavy atom. The number of nitrogens with zero attached hydrogens (tertiary/aromatic N) is 3. The molecule has 2 aromatic rings. The van der Waals surface area contributed by atoms with Crippen LogP contribution in [0, 0.1) is 0 Å². The molecule has 3 rings (SSSR count). The zero-order chi connectivity index (χ0) is 16.2. The van der Waals surface area contributed by atoms with Gasteiger partial charge in [-0.05, 0) is 36.1 Å². The summed E-state index contributed by atoms with van der Waals surface area (Å²) in [5.74, 6) is 1.64. The van der Waals surface area contributed by atoms with Crippen molar-refractivity contribution in [3.05, 3.63) is 47.0 Å². The van der Waals surface area contributed by atoms with E-state index in [2.05, 4.69) is 16.8 Å². The fourth-order valence-corrected chi connectivity index (χ4v) is 2.97. The van der Waals surface area contributed by atoms with Crippen LogP contribution < -0.4 is 4.74 Å². The number of ether oxygens (including phenoxy) is 1. The fourth-order valence-electron chi connectivity index (χ4n) is 2.97. The normalized spacial score (nSPS) is 14.5. The van der Waals surface area contributed by atoms with Crippen LogP contribution in [0.1, 0.15) is 36.0 Å². The van der Waals surface area contributed by atoms with Crippen molar-refractivity contribution in [3.63, 3.8) is 0 Å². The lowest BCUT2D eigenvalue weighted by molar-refractivity contribution is 0.240. The maximum atomic E-state index is 9.91. The van der Waals surface area contributed by atoms with Crippen molar-refractivity contribution < 1.29 is 9.84 Å². The van der Waals surface area contributed by atoms with E-state index in [9.17, 15) is 5.11 Å². The zero-order valence-electron chi connectivity index (χ0n) is 13.7. The monoisotopic (exact) mass is 313 g/mol. The first-order chi connectivity index (χ1) is 11.2. The first-order valence-corrected chi connectivity index (χ1v) is 8.11. The fraction of sp³-hybridized carbons (Fsp3) is 0.444. The SMILES string of the molecule is CCCc1ncc2c(n1)CN(Cc1ccc(OC)c(O)c1)CC2. The number of benzene rings is 1. The van der Waals surface area contributed by atoms with Crippen LogP contribution in [0.25, 0.3) is 0 Å². The van der Waals surface area contributed by atoms with Gasteiger partial charge in [0, 0.05) is 32.3 Å². The molecule has 0 aliphatic carbocycles. The number of aromatic hydroxyl groups is 1. The van der Waals surface area contributed by atoms with Crippen LogP contribution in [0.2, 0.25) is 0 Å². The van der Waals surface area contributed by atoms with Gasteiger partial charge in [0.2, 0.25) is 0 Å². The highest BCUT2D eigenvalue weighted by molar-refractivity contribution is 5.41. The van der Waals surface area contributed by atoms with E-state index in [1.54, 1.807) is 13.2 Å². The van der Waals surface area contributed by atoms with Crippen LogP contribution in [-0.2, 0) is 25.9 Å². The van der Waals surface area contributed by atoms with Gasteiger partial charge in [-0.15, -0.1) is 0 Å². The average Bonchev–Trinajstić information content (AvgIpc) is 2.55. The maximum absolute atomic E-state index is 9.91. The summed E-state index contributed by atoms with van der Waals surface area (Å²) in [6.45, 7) is 4.76. The van der Waals surface area contributed by atoms with E-state index >= 15 is 0 Å². The van der Waals surface area contributed by atoms with Gasteiger partial charge in [-0.1, -0.05) is 13.0 Å². The number of aryl methyl sites for hydroxylation is 1. The van der Waals surface area contributed by atoms with E-state index in [0.717, 1.165) is 56.0 Å². The summed E-state index contributed by atoms with van der Waals surface area (Å²) in [6.07, 6.45) is 4.96. The van der Waals surface area contributed by atoms with Gasteiger partial charge >= 0.3 is 0 Å². The minimum Gasteiger partial charge on any atom is -0.504 e. The van der Waals surface area contributed by atoms with Gasteiger partial charge in [-0.3, -0.25) is 4.90 Å². The molecule has 0 saturated heterocycles. The molecule has 2 heterocycles. The number of phenolic OH excluding ortho intramolecular Hbond substituents is 1. The van der Waals surface area contributed by atoms with Crippen LogP contribution >= 0.6 is 0 Å². The number of phenols is 1. The molecule has 0 unspecified atom stereocenters. The number of methoxy groups -OCH3 is 1. The molecule has 1 aliphatic rings. The highest BCUT2D eigenvalue weighted by Gasteiger charge is 2.19. The topological polar surface area (TPSA) is 58.5 Å². The van der Waals surface area contributed by atoms with Crippen molar-refractivity contribution in [2.45, 2.75) is 39.3 Å².